The fraction of sp³-hybridized carbons (Fsp3) is 0.182. The van der Waals surface area contributed by atoms with Crippen LogP contribution in [-0.2, 0) is 13.0 Å². The van der Waals surface area contributed by atoms with Gasteiger partial charge >= 0.3 is 0 Å². The van der Waals surface area contributed by atoms with E-state index in [-0.39, 0.29) is 0 Å². The third kappa shape index (κ3) is 3.61. The van der Waals surface area contributed by atoms with Gasteiger partial charge in [0.05, 0.1) is 0 Å². The molecule has 0 aliphatic rings. The predicted molar refractivity (Wildman–Crippen MR) is 117 cm³/mol. The van der Waals surface area contributed by atoms with Crippen LogP contribution in [0, 0.1) is 0 Å². The zero-order valence-corrected chi connectivity index (χ0v) is 17.3. The molecule has 0 aliphatic heterocycles. The number of anilines is 1. The standard InChI is InChI=1S/C22H21N9/c1-3-17-12-20(31-22(25-17)23-14-24-31)30(2)13-15-8-10-16(11-9-15)18-6-4-5-7-19(18)21-26-28-29-27-21/h4-12,14H,3,13H2,1-2H3,(H,26,27,28,29). The van der Waals surface area contributed by atoms with Crippen molar-refractivity contribution >= 4 is 11.6 Å². The van der Waals surface area contributed by atoms with Crippen LogP contribution in [0.2, 0.25) is 0 Å². The number of rotatable bonds is 6. The van der Waals surface area contributed by atoms with E-state index in [2.05, 4.69) is 91.0 Å². The van der Waals surface area contributed by atoms with Crippen molar-refractivity contribution in [2.45, 2.75) is 19.9 Å². The average Bonchev–Trinajstić information content (AvgIpc) is 3.51. The first kappa shape index (κ1) is 18.9. The maximum Gasteiger partial charge on any atom is 0.254 e. The third-order valence-electron chi connectivity index (χ3n) is 5.25. The van der Waals surface area contributed by atoms with Crippen LogP contribution in [0.5, 0.6) is 0 Å². The molecule has 5 aromatic rings. The minimum Gasteiger partial charge on any atom is -0.355 e. The highest BCUT2D eigenvalue weighted by molar-refractivity contribution is 5.80. The zero-order valence-electron chi connectivity index (χ0n) is 17.3. The summed E-state index contributed by atoms with van der Waals surface area (Å²) in [6.07, 6.45) is 2.38. The average molecular weight is 411 g/mol. The van der Waals surface area contributed by atoms with Gasteiger partial charge in [0, 0.05) is 30.9 Å². The summed E-state index contributed by atoms with van der Waals surface area (Å²) in [5.74, 6) is 2.24. The minimum absolute atomic E-state index is 0.620. The van der Waals surface area contributed by atoms with Crippen molar-refractivity contribution in [3.05, 3.63) is 72.2 Å². The Balaban J connectivity index is 1.42. The molecule has 31 heavy (non-hydrogen) atoms. The molecule has 1 N–H and O–H groups in total. The maximum absolute atomic E-state index is 4.52. The van der Waals surface area contributed by atoms with Crippen LogP contribution >= 0.6 is 0 Å². The fourth-order valence-electron chi connectivity index (χ4n) is 3.66. The lowest BCUT2D eigenvalue weighted by molar-refractivity contribution is 0.822. The molecular weight excluding hydrogens is 390 g/mol. The van der Waals surface area contributed by atoms with E-state index < -0.39 is 0 Å². The first-order chi connectivity index (χ1) is 15.2. The van der Waals surface area contributed by atoms with Crippen molar-refractivity contribution in [3.63, 3.8) is 0 Å². The number of hydrogen-bond donors (Lipinski definition) is 1. The van der Waals surface area contributed by atoms with E-state index in [9.17, 15) is 0 Å². The number of fused-ring (bicyclic) bond motifs is 1. The normalized spacial score (nSPS) is 11.2. The Labute approximate surface area is 178 Å². The second-order valence-electron chi connectivity index (χ2n) is 7.28. The van der Waals surface area contributed by atoms with E-state index >= 15 is 0 Å². The highest BCUT2D eigenvalue weighted by Crippen LogP contribution is 2.30. The lowest BCUT2D eigenvalue weighted by Gasteiger charge is -2.20. The van der Waals surface area contributed by atoms with Crippen molar-refractivity contribution in [1.29, 1.82) is 0 Å². The Hall–Kier alpha value is -4.14. The summed E-state index contributed by atoms with van der Waals surface area (Å²) in [5, 5.41) is 18.6. The Bertz CT molecular complexity index is 1310. The third-order valence-corrected chi connectivity index (χ3v) is 5.25. The van der Waals surface area contributed by atoms with Crippen LogP contribution < -0.4 is 4.90 Å². The summed E-state index contributed by atoms with van der Waals surface area (Å²) in [5.41, 5.74) is 5.33. The van der Waals surface area contributed by atoms with Crippen molar-refractivity contribution in [3.8, 4) is 22.5 Å². The van der Waals surface area contributed by atoms with Gasteiger partial charge in [0.2, 0.25) is 0 Å². The van der Waals surface area contributed by atoms with Crippen molar-refractivity contribution < 1.29 is 0 Å². The van der Waals surface area contributed by atoms with Gasteiger partial charge in [0.15, 0.2) is 5.82 Å². The molecule has 9 nitrogen and oxygen atoms in total. The van der Waals surface area contributed by atoms with Crippen LogP contribution in [0.4, 0.5) is 5.82 Å². The molecule has 0 amide bonds. The van der Waals surface area contributed by atoms with Gasteiger partial charge in [0.25, 0.3) is 5.78 Å². The second kappa shape index (κ2) is 7.94. The van der Waals surface area contributed by atoms with Crippen molar-refractivity contribution in [2.75, 3.05) is 11.9 Å². The molecule has 0 saturated carbocycles. The number of nitrogens with one attached hydrogen (secondary N) is 1. The van der Waals surface area contributed by atoms with Crippen LogP contribution in [0.1, 0.15) is 18.2 Å². The minimum atomic E-state index is 0.620. The van der Waals surface area contributed by atoms with Crippen LogP contribution in [0.25, 0.3) is 28.3 Å². The molecule has 3 aromatic heterocycles. The molecule has 2 aromatic carbocycles. The van der Waals surface area contributed by atoms with Gasteiger partial charge in [-0.2, -0.15) is 14.6 Å². The molecule has 9 heteroatoms. The van der Waals surface area contributed by atoms with E-state index in [1.165, 1.54) is 11.9 Å². The van der Waals surface area contributed by atoms with Crippen LogP contribution in [0.3, 0.4) is 0 Å². The highest BCUT2D eigenvalue weighted by Gasteiger charge is 2.13. The van der Waals surface area contributed by atoms with E-state index in [4.69, 9.17) is 0 Å². The van der Waals surface area contributed by atoms with Gasteiger partial charge in [-0.25, -0.2) is 10.1 Å². The smallest absolute Gasteiger partial charge is 0.254 e. The summed E-state index contributed by atoms with van der Waals surface area (Å²) >= 11 is 0. The monoisotopic (exact) mass is 411 g/mol. The largest absolute Gasteiger partial charge is 0.355 e. The number of nitrogens with zero attached hydrogens (tertiary/aromatic N) is 8. The molecule has 0 aliphatic carbocycles. The molecular formula is C22H21N9. The van der Waals surface area contributed by atoms with E-state index in [0.29, 0.717) is 11.6 Å². The second-order valence-corrected chi connectivity index (χ2v) is 7.28. The highest BCUT2D eigenvalue weighted by atomic mass is 15.5. The maximum atomic E-state index is 4.52. The molecule has 0 bridgehead atoms. The molecule has 0 spiro atoms. The Morgan fingerprint density at radius 2 is 1.84 bits per heavy atom. The van der Waals surface area contributed by atoms with Gasteiger partial charge in [-0.15, -0.1) is 5.10 Å². The fourth-order valence-corrected chi connectivity index (χ4v) is 3.66. The zero-order chi connectivity index (χ0) is 21.2. The van der Waals surface area contributed by atoms with Gasteiger partial charge in [-0.3, -0.25) is 0 Å². The van der Waals surface area contributed by atoms with Crippen LogP contribution in [0.15, 0.2) is 60.9 Å². The number of aryl methyl sites for hydroxylation is 1. The van der Waals surface area contributed by atoms with Gasteiger partial charge in [0.1, 0.15) is 12.1 Å². The number of aromatic amines is 1. The lowest BCUT2D eigenvalue weighted by atomic mass is 9.98. The summed E-state index contributed by atoms with van der Waals surface area (Å²) in [4.78, 5) is 10.9. The number of hydrogen-bond acceptors (Lipinski definition) is 7. The first-order valence-corrected chi connectivity index (χ1v) is 10.1. The summed E-state index contributed by atoms with van der Waals surface area (Å²) in [6, 6.07) is 18.7. The first-order valence-electron chi connectivity index (χ1n) is 10.1. The molecule has 0 fully saturated rings. The van der Waals surface area contributed by atoms with E-state index in [0.717, 1.165) is 41.2 Å². The molecule has 0 radical (unpaired) electrons. The summed E-state index contributed by atoms with van der Waals surface area (Å²) < 4.78 is 1.77. The number of aromatic nitrogens is 8. The predicted octanol–water partition coefficient (Wildman–Crippen LogP) is 3.17. The lowest BCUT2D eigenvalue weighted by Crippen LogP contribution is -2.20. The van der Waals surface area contributed by atoms with Gasteiger partial charge in [-0.1, -0.05) is 55.5 Å². The molecule has 154 valence electrons. The summed E-state index contributed by atoms with van der Waals surface area (Å²) in [7, 11) is 2.05. The number of benzene rings is 2. The molecule has 0 unspecified atom stereocenters. The SMILES string of the molecule is CCc1cc(N(C)Cc2ccc(-c3ccccc3-c3nnn[nH]3)cc2)n2ncnc2n1. The van der Waals surface area contributed by atoms with Gasteiger partial charge < -0.3 is 4.90 Å². The molecule has 0 saturated heterocycles. The van der Waals surface area contributed by atoms with E-state index in [1.54, 1.807) is 4.52 Å². The van der Waals surface area contributed by atoms with Crippen LogP contribution in [-0.4, -0.2) is 47.3 Å². The molecule has 0 atom stereocenters. The van der Waals surface area contributed by atoms with Crippen molar-refractivity contribution in [2.24, 2.45) is 0 Å². The quantitative estimate of drug-likeness (QED) is 0.458. The Kier molecular flexibility index (Phi) is 4.83. The molecule has 5 rings (SSSR count). The Morgan fingerprint density at radius 3 is 2.58 bits per heavy atom. The topological polar surface area (TPSA) is 101 Å². The summed E-state index contributed by atoms with van der Waals surface area (Å²) in [6.45, 7) is 2.82. The van der Waals surface area contributed by atoms with E-state index in [1.807, 2.05) is 18.2 Å². The van der Waals surface area contributed by atoms with Gasteiger partial charge in [-0.05, 0) is 33.5 Å². The number of H-pyrrole nitrogens is 1. The molecule has 3 heterocycles. The number of tetrazole rings is 1. The van der Waals surface area contributed by atoms with Crippen molar-refractivity contribution in [1.82, 2.24) is 40.2 Å². The Morgan fingerprint density at radius 1 is 1.03 bits per heavy atom.